The van der Waals surface area contributed by atoms with Crippen molar-refractivity contribution < 1.29 is 80.2 Å². The van der Waals surface area contributed by atoms with E-state index in [2.05, 4.69) is 161 Å². The number of ether oxygens (including phenoxy) is 4. The van der Waals surface area contributed by atoms with Gasteiger partial charge in [0.05, 0.1) is 32.8 Å². The minimum atomic E-state index is -5.00. The Labute approximate surface area is 629 Å². The van der Waals surface area contributed by atoms with Gasteiger partial charge in [0.1, 0.15) is 19.3 Å². The molecule has 0 spiro atoms. The Hall–Kier alpha value is -5.32. The Morgan fingerprint density at radius 2 is 0.548 bits per heavy atom. The molecule has 0 fully saturated rings. The summed E-state index contributed by atoms with van der Waals surface area (Å²) < 4.78 is 68.4. The maximum absolute atomic E-state index is 13.1. The molecule has 104 heavy (non-hydrogen) atoms. The van der Waals surface area contributed by atoms with Crippen molar-refractivity contribution >= 4 is 39.5 Å². The molecule has 0 aliphatic heterocycles. The second-order valence-corrected chi connectivity index (χ2v) is 28.8. The highest BCUT2D eigenvalue weighted by atomic mass is 31.2. The van der Waals surface area contributed by atoms with Crippen molar-refractivity contribution in [2.75, 3.05) is 39.6 Å². The molecular weight excluding hydrogens is 1350 g/mol. The van der Waals surface area contributed by atoms with Crippen molar-refractivity contribution in [2.45, 2.75) is 316 Å². The monoisotopic (exact) mass is 1490 g/mol. The van der Waals surface area contributed by atoms with Crippen LogP contribution >= 0.6 is 15.6 Å². The van der Waals surface area contributed by atoms with Crippen LogP contribution in [0, 0.1) is 0 Å². The molecule has 5 unspecified atom stereocenters. The largest absolute Gasteiger partial charge is 0.472 e. The molecule has 0 aromatic carbocycles. The summed E-state index contributed by atoms with van der Waals surface area (Å²) in [5, 5.41) is 10.6. The molecule has 0 rings (SSSR count). The predicted octanol–water partition coefficient (Wildman–Crippen LogP) is 23.2. The summed E-state index contributed by atoms with van der Waals surface area (Å²) >= 11 is 0. The molecule has 0 saturated heterocycles. The van der Waals surface area contributed by atoms with Crippen LogP contribution in [-0.2, 0) is 65.4 Å². The number of carbonyl (C=O) groups excluding carboxylic acids is 4. The number of hydrogen-bond acceptors (Lipinski definition) is 15. The van der Waals surface area contributed by atoms with Gasteiger partial charge in [-0.25, -0.2) is 9.13 Å². The number of phosphoric acid groups is 2. The molecule has 0 bridgehead atoms. The number of carbonyl (C=O) groups is 4. The molecule has 3 N–H and O–H groups in total. The number of phosphoric ester groups is 2. The highest BCUT2D eigenvalue weighted by molar-refractivity contribution is 7.47. The van der Waals surface area contributed by atoms with E-state index in [1.807, 2.05) is 18.2 Å². The van der Waals surface area contributed by atoms with Crippen LogP contribution in [-0.4, -0.2) is 96.7 Å². The fourth-order valence-electron chi connectivity index (χ4n) is 9.98. The quantitative estimate of drug-likeness (QED) is 0.0169. The van der Waals surface area contributed by atoms with E-state index in [-0.39, 0.29) is 25.7 Å². The molecule has 0 saturated carbocycles. The van der Waals surface area contributed by atoms with Gasteiger partial charge in [0.2, 0.25) is 0 Å². The van der Waals surface area contributed by atoms with Crippen LogP contribution in [0.3, 0.4) is 0 Å². The van der Waals surface area contributed by atoms with Gasteiger partial charge >= 0.3 is 39.5 Å². The van der Waals surface area contributed by atoms with E-state index in [0.717, 1.165) is 193 Å². The molecule has 17 nitrogen and oxygen atoms in total. The van der Waals surface area contributed by atoms with Crippen molar-refractivity contribution in [3.8, 4) is 0 Å². The smallest absolute Gasteiger partial charge is 0.462 e. The Morgan fingerprint density at radius 3 is 0.894 bits per heavy atom. The number of unbranched alkanes of at least 4 members (excludes halogenated alkanes) is 22. The van der Waals surface area contributed by atoms with Crippen LogP contribution < -0.4 is 0 Å². The third-order valence-electron chi connectivity index (χ3n) is 16.0. The first kappa shape index (κ1) is 98.7. The zero-order chi connectivity index (χ0) is 76.0. The lowest BCUT2D eigenvalue weighted by atomic mass is 10.1. The first-order valence-electron chi connectivity index (χ1n) is 39.7. The van der Waals surface area contributed by atoms with E-state index in [4.69, 9.17) is 37.0 Å². The van der Waals surface area contributed by atoms with Gasteiger partial charge in [-0.2, -0.15) is 0 Å². The molecule has 0 aliphatic carbocycles. The number of aliphatic hydroxyl groups excluding tert-OH is 1. The second kappa shape index (κ2) is 75.9. The van der Waals surface area contributed by atoms with Crippen LogP contribution in [0.4, 0.5) is 0 Å². The molecule has 0 heterocycles. The van der Waals surface area contributed by atoms with Gasteiger partial charge in [-0.1, -0.05) is 282 Å². The van der Waals surface area contributed by atoms with Crippen molar-refractivity contribution in [1.29, 1.82) is 0 Å². The van der Waals surface area contributed by atoms with Crippen LogP contribution in [0.1, 0.15) is 297 Å². The maximum atomic E-state index is 13.1. The van der Waals surface area contributed by atoms with Gasteiger partial charge < -0.3 is 33.8 Å². The number of esters is 4. The topological polar surface area (TPSA) is 237 Å². The van der Waals surface area contributed by atoms with Gasteiger partial charge in [-0.3, -0.25) is 37.3 Å². The molecular formula is C85H140O17P2. The number of aliphatic hydroxyl groups is 1. The standard InChI is InChI=1S/C85H140O17P2/c1-5-9-13-17-21-25-29-32-35-37-39-41-44-47-51-54-58-62-66-70-83(88)96-76-81(102-85(90)72-68-64-60-56-52-48-45-42-40-38-36-33-30-26-22-18-14-10-6-2)78-100-104(93,94)98-74-79(86)73-97-103(91,92)99-77-80(101-84(89)71-67-63-59-55-49-28-24-20-16-12-8-4)75-95-82(87)69-65-61-57-53-50-46-43-34-31-27-23-19-15-11-7-3/h9,11,13,15,20-27,32-36,39-43,50,53,61,65,79-81,86H,5-8,10,12,14,16-19,28-31,37-38,44-49,51-52,54-60,62-64,66-78H2,1-4H3,(H,91,92)(H,93,94)/b13-9-,15-11-,24-20-,25-21-,26-22-,27-23-,35-32-,36-33-,41-39-,42-40-,43-34-,53-50-,65-61-. The summed E-state index contributed by atoms with van der Waals surface area (Å²) in [5.74, 6) is -2.37. The number of hydrogen-bond donors (Lipinski definition) is 3. The van der Waals surface area contributed by atoms with Crippen molar-refractivity contribution in [3.05, 3.63) is 158 Å². The summed E-state index contributed by atoms with van der Waals surface area (Å²) in [7, 11) is -10.00. The molecule has 19 heteroatoms. The van der Waals surface area contributed by atoms with Crippen LogP contribution in [0.2, 0.25) is 0 Å². The lowest BCUT2D eigenvalue weighted by molar-refractivity contribution is -0.161. The summed E-state index contributed by atoms with van der Waals surface area (Å²) in [6.07, 6.45) is 88.3. The van der Waals surface area contributed by atoms with Gasteiger partial charge in [0.25, 0.3) is 0 Å². The molecule has 592 valence electrons. The van der Waals surface area contributed by atoms with Crippen LogP contribution in [0.25, 0.3) is 0 Å². The van der Waals surface area contributed by atoms with E-state index in [9.17, 15) is 43.2 Å². The molecule has 0 amide bonds. The zero-order valence-electron chi connectivity index (χ0n) is 64.6. The highest BCUT2D eigenvalue weighted by Gasteiger charge is 2.30. The Bertz CT molecular complexity index is 2590. The van der Waals surface area contributed by atoms with Gasteiger partial charge in [-0.15, -0.1) is 0 Å². The summed E-state index contributed by atoms with van der Waals surface area (Å²) in [6, 6.07) is 0. The number of rotatable bonds is 73. The van der Waals surface area contributed by atoms with Crippen molar-refractivity contribution in [1.82, 2.24) is 0 Å². The SMILES string of the molecule is CC/C=C\C/C=C\C/C=C\C/C=C\C/C=C\CC(=O)OCC(COP(=O)(O)OCC(O)COP(=O)(O)OCC(COC(=O)CCCCCCCC/C=C\C/C=C\C/C=C\C/C=C\CC)OC(=O)CCCCCCCC/C=C\C/C=C\C/C=C\CCCCC)OC(=O)CCCCCCC/C=C\CCCC. The number of allylic oxidation sites excluding steroid dienone is 25. The molecule has 0 aromatic rings. The lowest BCUT2D eigenvalue weighted by Gasteiger charge is -2.21. The van der Waals surface area contributed by atoms with Crippen LogP contribution in [0.15, 0.2) is 158 Å². The van der Waals surface area contributed by atoms with E-state index in [1.165, 1.54) is 25.7 Å². The first-order valence-corrected chi connectivity index (χ1v) is 42.7. The maximum Gasteiger partial charge on any atom is 0.472 e. The third-order valence-corrected chi connectivity index (χ3v) is 17.9. The van der Waals surface area contributed by atoms with Gasteiger partial charge in [0.15, 0.2) is 12.2 Å². The minimum Gasteiger partial charge on any atom is -0.462 e. The lowest BCUT2D eigenvalue weighted by Crippen LogP contribution is -2.30. The molecule has 0 aromatic heterocycles. The van der Waals surface area contributed by atoms with E-state index < -0.39 is 97.5 Å². The molecule has 5 atom stereocenters. The minimum absolute atomic E-state index is 0.0603. The summed E-state index contributed by atoms with van der Waals surface area (Å²) in [5.41, 5.74) is 0. The van der Waals surface area contributed by atoms with E-state index in [1.54, 1.807) is 6.08 Å². The zero-order valence-corrected chi connectivity index (χ0v) is 66.4. The molecule has 0 aliphatic rings. The predicted molar refractivity (Wildman–Crippen MR) is 427 cm³/mol. The second-order valence-electron chi connectivity index (χ2n) is 25.9. The third kappa shape index (κ3) is 74.9. The summed E-state index contributed by atoms with van der Waals surface area (Å²) in [6.45, 7) is 4.42. The normalized spacial score (nSPS) is 14.7. The highest BCUT2D eigenvalue weighted by Crippen LogP contribution is 2.45. The summed E-state index contributed by atoms with van der Waals surface area (Å²) in [4.78, 5) is 72.9. The van der Waals surface area contributed by atoms with E-state index >= 15 is 0 Å². The Balaban J connectivity index is 5.43. The fourth-order valence-corrected chi connectivity index (χ4v) is 11.6. The Morgan fingerprint density at radius 1 is 0.288 bits per heavy atom. The van der Waals surface area contributed by atoms with Gasteiger partial charge in [-0.05, 0) is 148 Å². The Kier molecular flexibility index (Phi) is 72.0. The van der Waals surface area contributed by atoms with Gasteiger partial charge in [0, 0.05) is 19.3 Å². The first-order chi connectivity index (χ1) is 50.7. The van der Waals surface area contributed by atoms with E-state index in [0.29, 0.717) is 25.7 Å². The average molecular weight is 1500 g/mol. The average Bonchev–Trinajstić information content (AvgIpc) is 0.928. The van der Waals surface area contributed by atoms with Crippen molar-refractivity contribution in [2.24, 2.45) is 0 Å². The van der Waals surface area contributed by atoms with Crippen molar-refractivity contribution in [3.63, 3.8) is 0 Å². The van der Waals surface area contributed by atoms with Crippen LogP contribution in [0.5, 0.6) is 0 Å². The fraction of sp³-hybridized carbons (Fsp3) is 0.647. The molecule has 0 radical (unpaired) electrons.